The van der Waals surface area contributed by atoms with Crippen LogP contribution in [0.15, 0.2) is 78.2 Å². The molecule has 6 nitrogen and oxygen atoms in total. The summed E-state index contributed by atoms with van der Waals surface area (Å²) in [7, 11) is 1.57. The van der Waals surface area contributed by atoms with Crippen molar-refractivity contribution in [3.63, 3.8) is 0 Å². The number of amides is 1. The van der Waals surface area contributed by atoms with E-state index in [2.05, 4.69) is 10.1 Å². The van der Waals surface area contributed by atoms with Crippen molar-refractivity contribution in [2.24, 2.45) is 5.10 Å². The highest BCUT2D eigenvalue weighted by molar-refractivity contribution is 6.39. The van der Waals surface area contributed by atoms with Crippen LogP contribution in [0.4, 0.5) is 14.5 Å². The number of nitrogens with zero attached hydrogens (tertiary/aromatic N) is 5. The molecule has 4 rings (SSSR count). The maximum absolute atomic E-state index is 13.1. The van der Waals surface area contributed by atoms with Gasteiger partial charge in [0, 0.05) is 25.9 Å². The van der Waals surface area contributed by atoms with Crippen molar-refractivity contribution in [2.45, 2.75) is 25.6 Å². The van der Waals surface area contributed by atoms with Crippen molar-refractivity contribution >= 4 is 17.3 Å². The Morgan fingerprint density at radius 3 is 2.47 bits per heavy atom. The summed E-state index contributed by atoms with van der Waals surface area (Å²) in [4.78, 5) is 18.4. The van der Waals surface area contributed by atoms with E-state index in [1.165, 1.54) is 17.3 Å². The molecule has 30 heavy (non-hydrogen) atoms. The number of imidazole rings is 1. The number of carbonyl (C=O) groups excluding carboxylic acids is 1. The van der Waals surface area contributed by atoms with E-state index in [4.69, 9.17) is 0 Å². The van der Waals surface area contributed by atoms with Crippen LogP contribution in [0.2, 0.25) is 0 Å². The lowest BCUT2D eigenvalue weighted by Crippen LogP contribution is -2.33. The fourth-order valence-corrected chi connectivity index (χ4v) is 3.54. The van der Waals surface area contributed by atoms with Gasteiger partial charge in [0.05, 0.1) is 18.3 Å². The molecule has 1 unspecified atom stereocenters. The number of aromatic nitrogens is 2. The first-order valence-corrected chi connectivity index (χ1v) is 9.56. The van der Waals surface area contributed by atoms with Gasteiger partial charge in [-0.1, -0.05) is 48.5 Å². The number of rotatable bonds is 6. The summed E-state index contributed by atoms with van der Waals surface area (Å²) in [5.41, 5.74) is 2.30. The predicted molar refractivity (Wildman–Crippen MR) is 110 cm³/mol. The Bertz CT molecular complexity index is 1040. The predicted octanol–water partition coefficient (Wildman–Crippen LogP) is 4.24. The summed E-state index contributed by atoms with van der Waals surface area (Å²) in [6, 6.07) is 19.4. The van der Waals surface area contributed by atoms with Crippen LogP contribution in [-0.4, -0.2) is 33.1 Å². The third-order valence-corrected chi connectivity index (χ3v) is 5.05. The van der Waals surface area contributed by atoms with Crippen molar-refractivity contribution in [2.75, 3.05) is 12.1 Å². The summed E-state index contributed by atoms with van der Waals surface area (Å²) in [5, 5.41) is 6.45. The zero-order valence-electron chi connectivity index (χ0n) is 16.4. The van der Waals surface area contributed by atoms with Crippen molar-refractivity contribution < 1.29 is 13.6 Å². The highest BCUT2D eigenvalue weighted by Gasteiger charge is 2.33. The van der Waals surface area contributed by atoms with Crippen LogP contribution in [0.25, 0.3) is 0 Å². The molecule has 0 N–H and O–H groups in total. The summed E-state index contributed by atoms with van der Waals surface area (Å²) >= 11 is 0. The van der Waals surface area contributed by atoms with E-state index in [0.29, 0.717) is 12.1 Å². The van der Waals surface area contributed by atoms with Gasteiger partial charge in [-0.2, -0.15) is 13.9 Å². The Morgan fingerprint density at radius 2 is 1.80 bits per heavy atom. The number of halogens is 2. The van der Waals surface area contributed by atoms with Crippen LogP contribution in [0.5, 0.6) is 0 Å². The summed E-state index contributed by atoms with van der Waals surface area (Å²) in [6.07, 6.45) is 2.93. The van der Waals surface area contributed by atoms with Gasteiger partial charge in [-0.3, -0.25) is 14.4 Å². The van der Waals surface area contributed by atoms with Gasteiger partial charge in [0.1, 0.15) is 11.5 Å². The molecule has 3 aromatic rings. The average molecular weight is 409 g/mol. The standard InChI is InChI=1S/C22H21F2N5O/c1-27(15-20-25-12-13-28(20)22(23)24)21(30)18-14-19(16-8-4-2-5-9-16)29(26-18)17-10-6-3-7-11-17/h2-13,19,22H,14-15H2,1H3. The molecule has 0 aliphatic carbocycles. The van der Waals surface area contributed by atoms with Gasteiger partial charge < -0.3 is 4.90 Å². The Kier molecular flexibility index (Phi) is 5.56. The van der Waals surface area contributed by atoms with Gasteiger partial charge in [0.15, 0.2) is 0 Å². The van der Waals surface area contributed by atoms with Gasteiger partial charge in [-0.05, 0) is 17.7 Å². The molecule has 0 saturated heterocycles. The molecule has 2 heterocycles. The fourth-order valence-electron chi connectivity index (χ4n) is 3.54. The quantitative estimate of drug-likeness (QED) is 0.612. The molecule has 1 aliphatic rings. The normalized spacial score (nSPS) is 16.1. The smallest absolute Gasteiger partial charge is 0.319 e. The highest BCUT2D eigenvalue weighted by Crippen LogP contribution is 2.35. The van der Waals surface area contributed by atoms with Crippen LogP contribution < -0.4 is 5.01 Å². The second kappa shape index (κ2) is 8.44. The first kappa shape index (κ1) is 19.8. The van der Waals surface area contributed by atoms with Gasteiger partial charge in [0.2, 0.25) is 0 Å². The first-order chi connectivity index (χ1) is 14.5. The lowest BCUT2D eigenvalue weighted by Gasteiger charge is -2.23. The average Bonchev–Trinajstić information content (AvgIpc) is 3.42. The van der Waals surface area contributed by atoms with E-state index < -0.39 is 6.55 Å². The summed E-state index contributed by atoms with van der Waals surface area (Å²) in [5.74, 6) is -0.183. The summed E-state index contributed by atoms with van der Waals surface area (Å²) < 4.78 is 26.9. The molecule has 1 atom stereocenters. The first-order valence-electron chi connectivity index (χ1n) is 9.56. The molecule has 1 amide bonds. The monoisotopic (exact) mass is 409 g/mol. The van der Waals surface area contributed by atoms with Crippen molar-refractivity contribution in [1.82, 2.24) is 14.5 Å². The molecule has 1 aliphatic heterocycles. The molecule has 0 spiro atoms. The SMILES string of the molecule is CN(Cc1nccn1C(F)F)C(=O)C1=NN(c2ccccc2)C(c2ccccc2)C1. The van der Waals surface area contributed by atoms with Gasteiger partial charge in [0.25, 0.3) is 5.91 Å². The van der Waals surface area contributed by atoms with E-state index in [-0.39, 0.29) is 24.3 Å². The third-order valence-electron chi connectivity index (χ3n) is 5.05. The van der Waals surface area contributed by atoms with E-state index in [0.717, 1.165) is 15.8 Å². The highest BCUT2D eigenvalue weighted by atomic mass is 19.3. The molecule has 2 aromatic carbocycles. The lowest BCUT2D eigenvalue weighted by molar-refractivity contribution is -0.123. The number of benzene rings is 2. The zero-order valence-corrected chi connectivity index (χ0v) is 16.4. The van der Waals surface area contributed by atoms with E-state index >= 15 is 0 Å². The minimum Gasteiger partial charge on any atom is -0.333 e. The van der Waals surface area contributed by atoms with Gasteiger partial charge >= 0.3 is 6.55 Å². The maximum Gasteiger partial charge on any atom is 0.319 e. The number of anilines is 1. The second-order valence-corrected chi connectivity index (χ2v) is 7.05. The van der Waals surface area contributed by atoms with Crippen LogP contribution in [0.3, 0.4) is 0 Å². The molecular weight excluding hydrogens is 388 g/mol. The van der Waals surface area contributed by atoms with E-state index in [1.807, 2.05) is 65.7 Å². The van der Waals surface area contributed by atoms with E-state index in [1.54, 1.807) is 7.05 Å². The zero-order chi connectivity index (χ0) is 21.1. The maximum atomic E-state index is 13.1. The van der Waals surface area contributed by atoms with Crippen LogP contribution in [0.1, 0.15) is 30.4 Å². The Morgan fingerprint density at radius 1 is 1.13 bits per heavy atom. The fraction of sp³-hybridized carbons (Fsp3) is 0.227. The largest absolute Gasteiger partial charge is 0.333 e. The number of carbonyl (C=O) groups is 1. The Hall–Kier alpha value is -3.55. The molecule has 0 bridgehead atoms. The van der Waals surface area contributed by atoms with Crippen LogP contribution in [-0.2, 0) is 11.3 Å². The molecular formula is C22H21F2N5O. The Balaban J connectivity index is 1.58. The molecule has 8 heteroatoms. The molecule has 1 aromatic heterocycles. The third kappa shape index (κ3) is 3.94. The molecule has 154 valence electrons. The molecule has 0 saturated carbocycles. The topological polar surface area (TPSA) is 53.7 Å². The van der Waals surface area contributed by atoms with Gasteiger partial charge in [-0.25, -0.2) is 4.98 Å². The van der Waals surface area contributed by atoms with Gasteiger partial charge in [-0.15, -0.1) is 0 Å². The minimum atomic E-state index is -2.70. The van der Waals surface area contributed by atoms with Crippen molar-refractivity contribution in [3.8, 4) is 0 Å². The number of hydrogen-bond donors (Lipinski definition) is 0. The summed E-state index contributed by atoms with van der Waals surface area (Å²) in [6.45, 7) is -2.73. The molecule has 0 fully saturated rings. The van der Waals surface area contributed by atoms with Crippen molar-refractivity contribution in [3.05, 3.63) is 84.4 Å². The van der Waals surface area contributed by atoms with Crippen LogP contribution >= 0.6 is 0 Å². The Labute approximate surface area is 173 Å². The second-order valence-electron chi connectivity index (χ2n) is 7.05. The number of alkyl halides is 2. The van der Waals surface area contributed by atoms with Crippen LogP contribution in [0, 0.1) is 0 Å². The lowest BCUT2D eigenvalue weighted by atomic mass is 10.0. The number of hydrazone groups is 1. The number of para-hydroxylation sites is 1. The number of hydrogen-bond acceptors (Lipinski definition) is 4. The van der Waals surface area contributed by atoms with E-state index in [9.17, 15) is 13.6 Å². The minimum absolute atomic E-state index is 0.0312. The molecule has 0 radical (unpaired) electrons. The van der Waals surface area contributed by atoms with Crippen molar-refractivity contribution in [1.29, 1.82) is 0 Å².